The van der Waals surface area contributed by atoms with E-state index >= 15 is 0 Å². The number of aryl methyl sites for hydroxylation is 1. The van der Waals surface area contributed by atoms with Gasteiger partial charge in [0.25, 0.3) is 0 Å². The SMILES string of the molecule is N[C@H](CCc1ccccc1)CN[C@@H](Cc1ccc(O)cc1)C(=O)NCc1ccccc1. The van der Waals surface area contributed by atoms with Gasteiger partial charge in [-0.1, -0.05) is 72.8 Å². The molecule has 3 aromatic rings. The molecule has 0 fully saturated rings. The van der Waals surface area contributed by atoms with Crippen LogP contribution in [0.2, 0.25) is 0 Å². The summed E-state index contributed by atoms with van der Waals surface area (Å²) in [5, 5.41) is 15.9. The second kappa shape index (κ2) is 11.9. The van der Waals surface area contributed by atoms with Crippen molar-refractivity contribution in [3.63, 3.8) is 0 Å². The van der Waals surface area contributed by atoms with Crippen LogP contribution in [0.15, 0.2) is 84.9 Å². The van der Waals surface area contributed by atoms with Gasteiger partial charge < -0.3 is 21.5 Å². The Kier molecular flexibility index (Phi) is 8.64. The zero-order valence-electron chi connectivity index (χ0n) is 17.7. The predicted molar refractivity (Wildman–Crippen MR) is 125 cm³/mol. The molecule has 5 nitrogen and oxygen atoms in total. The first kappa shape index (κ1) is 22.5. The summed E-state index contributed by atoms with van der Waals surface area (Å²) in [5.74, 6) is 0.150. The van der Waals surface area contributed by atoms with Gasteiger partial charge in [-0.05, 0) is 48.1 Å². The van der Waals surface area contributed by atoms with Gasteiger partial charge >= 0.3 is 0 Å². The predicted octanol–water partition coefficient (Wildman–Crippen LogP) is 3.17. The molecule has 0 heterocycles. The van der Waals surface area contributed by atoms with Gasteiger partial charge in [-0.15, -0.1) is 0 Å². The minimum absolute atomic E-state index is 0.0514. The molecular formula is C26H31N3O2. The van der Waals surface area contributed by atoms with E-state index in [0.717, 1.165) is 24.0 Å². The molecule has 31 heavy (non-hydrogen) atoms. The van der Waals surface area contributed by atoms with Crippen molar-refractivity contribution < 1.29 is 9.90 Å². The van der Waals surface area contributed by atoms with Crippen LogP contribution < -0.4 is 16.4 Å². The number of rotatable bonds is 11. The fourth-order valence-corrected chi connectivity index (χ4v) is 3.43. The van der Waals surface area contributed by atoms with Crippen molar-refractivity contribution in [3.05, 3.63) is 102 Å². The molecule has 0 spiro atoms. The molecule has 2 atom stereocenters. The van der Waals surface area contributed by atoms with Gasteiger partial charge in [0.15, 0.2) is 0 Å². The van der Waals surface area contributed by atoms with Crippen molar-refractivity contribution in [2.24, 2.45) is 5.73 Å². The highest BCUT2D eigenvalue weighted by molar-refractivity contribution is 5.82. The summed E-state index contributed by atoms with van der Waals surface area (Å²) in [7, 11) is 0. The number of hydrogen-bond acceptors (Lipinski definition) is 4. The van der Waals surface area contributed by atoms with Gasteiger partial charge in [0.2, 0.25) is 5.91 Å². The minimum atomic E-state index is -0.406. The van der Waals surface area contributed by atoms with Crippen LogP contribution in [-0.4, -0.2) is 29.6 Å². The quantitative estimate of drug-likeness (QED) is 0.386. The van der Waals surface area contributed by atoms with Gasteiger partial charge in [0.05, 0.1) is 6.04 Å². The third-order valence-corrected chi connectivity index (χ3v) is 5.28. The smallest absolute Gasteiger partial charge is 0.237 e. The van der Waals surface area contributed by atoms with Gasteiger partial charge in [-0.3, -0.25) is 4.79 Å². The zero-order chi connectivity index (χ0) is 21.9. The van der Waals surface area contributed by atoms with Crippen molar-refractivity contribution in [2.75, 3.05) is 6.54 Å². The maximum Gasteiger partial charge on any atom is 0.237 e. The fraction of sp³-hybridized carbons (Fsp3) is 0.269. The molecule has 0 bridgehead atoms. The maximum absolute atomic E-state index is 12.9. The first-order chi connectivity index (χ1) is 15.1. The summed E-state index contributed by atoms with van der Waals surface area (Å²) in [5.41, 5.74) is 9.61. The Morgan fingerprint density at radius 1 is 0.839 bits per heavy atom. The topological polar surface area (TPSA) is 87.4 Å². The lowest BCUT2D eigenvalue weighted by Gasteiger charge is -2.21. The van der Waals surface area contributed by atoms with Crippen LogP contribution >= 0.6 is 0 Å². The Hall–Kier alpha value is -3.15. The van der Waals surface area contributed by atoms with Crippen molar-refractivity contribution in [3.8, 4) is 5.75 Å². The maximum atomic E-state index is 12.9. The van der Waals surface area contributed by atoms with Crippen LogP contribution in [0, 0.1) is 0 Å². The molecule has 0 radical (unpaired) electrons. The molecule has 0 aromatic heterocycles. The Morgan fingerprint density at radius 2 is 1.45 bits per heavy atom. The van der Waals surface area contributed by atoms with Crippen molar-refractivity contribution >= 4 is 5.91 Å². The van der Waals surface area contributed by atoms with E-state index in [9.17, 15) is 9.90 Å². The Morgan fingerprint density at radius 3 is 2.10 bits per heavy atom. The van der Waals surface area contributed by atoms with Crippen LogP contribution in [0.5, 0.6) is 5.75 Å². The van der Waals surface area contributed by atoms with E-state index in [1.807, 2.05) is 60.7 Å². The average Bonchev–Trinajstić information content (AvgIpc) is 2.81. The number of aromatic hydroxyl groups is 1. The summed E-state index contributed by atoms with van der Waals surface area (Å²) in [4.78, 5) is 12.9. The third kappa shape index (κ3) is 7.89. The molecule has 3 aromatic carbocycles. The normalized spacial score (nSPS) is 12.8. The Labute approximate surface area is 184 Å². The van der Waals surface area contributed by atoms with E-state index in [0.29, 0.717) is 19.5 Å². The second-order valence-corrected chi connectivity index (χ2v) is 7.82. The van der Waals surface area contributed by atoms with Crippen LogP contribution in [0.1, 0.15) is 23.1 Å². The van der Waals surface area contributed by atoms with E-state index in [4.69, 9.17) is 5.73 Å². The number of phenols is 1. The van der Waals surface area contributed by atoms with Gasteiger partial charge in [-0.2, -0.15) is 0 Å². The fourth-order valence-electron chi connectivity index (χ4n) is 3.43. The van der Waals surface area contributed by atoms with E-state index < -0.39 is 6.04 Å². The summed E-state index contributed by atoms with van der Waals surface area (Å²) < 4.78 is 0. The van der Waals surface area contributed by atoms with E-state index in [2.05, 4.69) is 22.8 Å². The molecule has 0 unspecified atom stereocenters. The first-order valence-corrected chi connectivity index (χ1v) is 10.7. The van der Waals surface area contributed by atoms with Gasteiger partial charge in [0.1, 0.15) is 5.75 Å². The first-order valence-electron chi connectivity index (χ1n) is 10.7. The summed E-state index contributed by atoms with van der Waals surface area (Å²) in [6, 6.07) is 26.6. The standard InChI is InChI=1S/C26H31N3O2/c27-23(14-11-20-7-3-1-4-8-20)19-28-25(17-21-12-15-24(30)16-13-21)26(31)29-18-22-9-5-2-6-10-22/h1-10,12-13,15-16,23,25,28,30H,11,14,17-19,27H2,(H,29,31)/t23-,25+/m1/s1. The molecule has 162 valence electrons. The van der Waals surface area contributed by atoms with E-state index in [-0.39, 0.29) is 17.7 Å². The van der Waals surface area contributed by atoms with E-state index in [1.165, 1.54) is 5.56 Å². The molecule has 0 aliphatic heterocycles. The highest BCUT2D eigenvalue weighted by Gasteiger charge is 2.19. The monoisotopic (exact) mass is 417 g/mol. The Bertz CT molecular complexity index is 914. The molecular weight excluding hydrogens is 386 g/mol. The Balaban J connectivity index is 1.56. The molecule has 0 saturated carbocycles. The number of carbonyl (C=O) groups is 1. The molecule has 3 rings (SSSR count). The summed E-state index contributed by atoms with van der Waals surface area (Å²) >= 11 is 0. The van der Waals surface area contributed by atoms with Crippen molar-refractivity contribution in [1.82, 2.24) is 10.6 Å². The molecule has 5 N–H and O–H groups in total. The molecule has 0 aliphatic carbocycles. The average molecular weight is 418 g/mol. The zero-order valence-corrected chi connectivity index (χ0v) is 17.7. The highest BCUT2D eigenvalue weighted by atomic mass is 16.3. The highest BCUT2D eigenvalue weighted by Crippen LogP contribution is 2.12. The van der Waals surface area contributed by atoms with E-state index in [1.54, 1.807) is 12.1 Å². The lowest BCUT2D eigenvalue weighted by Crippen LogP contribution is -2.49. The number of nitrogens with one attached hydrogen (secondary N) is 2. The summed E-state index contributed by atoms with van der Waals surface area (Å²) in [6.45, 7) is 1.03. The van der Waals surface area contributed by atoms with Crippen LogP contribution in [0.3, 0.4) is 0 Å². The van der Waals surface area contributed by atoms with Crippen molar-refractivity contribution in [1.29, 1.82) is 0 Å². The lowest BCUT2D eigenvalue weighted by molar-refractivity contribution is -0.123. The summed E-state index contributed by atoms with van der Waals surface area (Å²) in [6.07, 6.45) is 2.27. The number of carbonyl (C=O) groups excluding carboxylic acids is 1. The number of benzene rings is 3. The largest absolute Gasteiger partial charge is 0.508 e. The number of amides is 1. The number of phenolic OH excluding ortho intramolecular Hbond substituents is 1. The van der Waals surface area contributed by atoms with Gasteiger partial charge in [0, 0.05) is 19.1 Å². The molecule has 1 amide bonds. The molecule has 0 aliphatic rings. The minimum Gasteiger partial charge on any atom is -0.508 e. The molecule has 0 saturated heterocycles. The van der Waals surface area contributed by atoms with Gasteiger partial charge in [-0.25, -0.2) is 0 Å². The number of hydrogen-bond donors (Lipinski definition) is 4. The van der Waals surface area contributed by atoms with Crippen LogP contribution in [-0.2, 0) is 24.2 Å². The van der Waals surface area contributed by atoms with Crippen LogP contribution in [0.25, 0.3) is 0 Å². The van der Waals surface area contributed by atoms with Crippen molar-refractivity contribution in [2.45, 2.75) is 37.9 Å². The molecule has 5 heteroatoms. The second-order valence-electron chi connectivity index (χ2n) is 7.82. The lowest BCUT2D eigenvalue weighted by atomic mass is 10.0. The third-order valence-electron chi connectivity index (χ3n) is 5.28. The van der Waals surface area contributed by atoms with Crippen LogP contribution in [0.4, 0.5) is 0 Å². The number of nitrogens with two attached hydrogens (primary N) is 1.